The summed E-state index contributed by atoms with van der Waals surface area (Å²) in [5.74, 6) is 2.95. The summed E-state index contributed by atoms with van der Waals surface area (Å²) in [5, 5.41) is 3.55. The van der Waals surface area contributed by atoms with Crippen LogP contribution in [-0.2, 0) is 0 Å². The van der Waals surface area contributed by atoms with E-state index in [1.165, 1.54) is 17.1 Å². The SMILES string of the molecule is CN=C(NCC(C)(C)N(C)C)N1CCC(CSc2ccccc2)C1.I. The third kappa shape index (κ3) is 6.98. The molecule has 1 saturated heterocycles. The van der Waals surface area contributed by atoms with Crippen LogP contribution in [0, 0.1) is 5.92 Å². The van der Waals surface area contributed by atoms with E-state index in [1.54, 1.807) is 0 Å². The Morgan fingerprint density at radius 1 is 1.32 bits per heavy atom. The van der Waals surface area contributed by atoms with Crippen molar-refractivity contribution in [2.75, 3.05) is 46.5 Å². The van der Waals surface area contributed by atoms with Crippen LogP contribution in [0.1, 0.15) is 20.3 Å². The zero-order valence-corrected chi connectivity index (χ0v) is 19.3. The number of likely N-dealkylation sites (N-methyl/N-ethyl adjacent to an activating group) is 1. The summed E-state index contributed by atoms with van der Waals surface area (Å²) in [6, 6.07) is 10.7. The minimum Gasteiger partial charge on any atom is -0.354 e. The summed E-state index contributed by atoms with van der Waals surface area (Å²) >= 11 is 1.97. The standard InChI is InChI=1S/C19H32N4S.HI/c1-19(2,22(4)5)15-21-18(20-3)23-12-11-16(13-23)14-24-17-9-7-6-8-10-17;/h6-10,16H,11-15H2,1-5H3,(H,20,21);1H. The fraction of sp³-hybridized carbons (Fsp3) is 0.632. The summed E-state index contributed by atoms with van der Waals surface area (Å²) in [5.41, 5.74) is 0.109. The van der Waals surface area contributed by atoms with Crippen molar-refractivity contribution in [3.05, 3.63) is 30.3 Å². The first-order chi connectivity index (χ1) is 11.4. The van der Waals surface area contributed by atoms with Gasteiger partial charge in [-0.3, -0.25) is 4.99 Å². The van der Waals surface area contributed by atoms with Crippen LogP contribution in [0.15, 0.2) is 40.2 Å². The number of thioether (sulfide) groups is 1. The van der Waals surface area contributed by atoms with Gasteiger partial charge in [-0.15, -0.1) is 35.7 Å². The van der Waals surface area contributed by atoms with Crippen molar-refractivity contribution in [2.45, 2.75) is 30.7 Å². The van der Waals surface area contributed by atoms with Gasteiger partial charge in [0.05, 0.1) is 0 Å². The molecule has 0 radical (unpaired) electrons. The summed E-state index contributed by atoms with van der Waals surface area (Å²) in [6.45, 7) is 7.59. The number of nitrogens with one attached hydrogen (secondary N) is 1. The van der Waals surface area contributed by atoms with Crippen LogP contribution in [-0.4, -0.2) is 67.8 Å². The average Bonchev–Trinajstić information content (AvgIpc) is 3.03. The highest BCUT2D eigenvalue weighted by atomic mass is 127. The minimum absolute atomic E-state index is 0. The van der Waals surface area contributed by atoms with Crippen LogP contribution in [0.2, 0.25) is 0 Å². The van der Waals surface area contributed by atoms with Gasteiger partial charge < -0.3 is 15.1 Å². The maximum atomic E-state index is 4.49. The lowest BCUT2D eigenvalue weighted by Gasteiger charge is -2.34. The molecule has 0 saturated carbocycles. The van der Waals surface area contributed by atoms with Crippen LogP contribution in [0.5, 0.6) is 0 Å². The molecule has 1 N–H and O–H groups in total. The lowest BCUT2D eigenvalue weighted by Crippen LogP contribution is -2.51. The molecule has 0 amide bonds. The van der Waals surface area contributed by atoms with Crippen molar-refractivity contribution in [1.29, 1.82) is 0 Å². The molecule has 4 nitrogen and oxygen atoms in total. The predicted octanol–water partition coefficient (Wildman–Crippen LogP) is 3.63. The van der Waals surface area contributed by atoms with Gasteiger partial charge in [0.25, 0.3) is 0 Å². The second-order valence-electron chi connectivity index (χ2n) is 7.33. The molecule has 1 aliphatic heterocycles. The molecule has 25 heavy (non-hydrogen) atoms. The molecule has 2 rings (SSSR count). The van der Waals surface area contributed by atoms with E-state index in [0.717, 1.165) is 31.5 Å². The Balaban J connectivity index is 0.00000312. The molecule has 1 atom stereocenters. The molecular formula is C19H33IN4S. The van der Waals surface area contributed by atoms with Gasteiger partial charge in [-0.05, 0) is 52.4 Å². The van der Waals surface area contributed by atoms with Crippen LogP contribution in [0.4, 0.5) is 0 Å². The molecule has 1 aliphatic rings. The number of nitrogens with zero attached hydrogens (tertiary/aromatic N) is 3. The van der Waals surface area contributed by atoms with Crippen molar-refractivity contribution in [3.63, 3.8) is 0 Å². The minimum atomic E-state index is 0. The predicted molar refractivity (Wildman–Crippen MR) is 121 cm³/mol. The first-order valence-electron chi connectivity index (χ1n) is 8.73. The van der Waals surface area contributed by atoms with Gasteiger partial charge in [-0.25, -0.2) is 0 Å². The molecule has 0 bridgehead atoms. The zero-order valence-electron chi connectivity index (χ0n) is 16.2. The third-order valence-electron chi connectivity index (χ3n) is 4.92. The topological polar surface area (TPSA) is 30.9 Å². The van der Waals surface area contributed by atoms with E-state index in [1.807, 2.05) is 18.8 Å². The monoisotopic (exact) mass is 476 g/mol. The van der Waals surface area contributed by atoms with Crippen molar-refractivity contribution in [1.82, 2.24) is 15.1 Å². The summed E-state index contributed by atoms with van der Waals surface area (Å²) in [4.78, 5) is 10.5. The smallest absolute Gasteiger partial charge is 0.193 e. The molecule has 6 heteroatoms. The number of halogens is 1. The van der Waals surface area contributed by atoms with Gasteiger partial charge in [-0.1, -0.05) is 18.2 Å². The zero-order chi connectivity index (χ0) is 17.6. The fourth-order valence-electron chi connectivity index (χ4n) is 2.68. The van der Waals surface area contributed by atoms with Crippen molar-refractivity contribution < 1.29 is 0 Å². The Labute approximate surface area is 174 Å². The molecule has 1 heterocycles. The Bertz CT molecular complexity index is 533. The molecule has 1 unspecified atom stereocenters. The first-order valence-corrected chi connectivity index (χ1v) is 9.72. The van der Waals surface area contributed by atoms with E-state index < -0.39 is 0 Å². The van der Waals surface area contributed by atoms with E-state index >= 15 is 0 Å². The van der Waals surface area contributed by atoms with Gasteiger partial charge >= 0.3 is 0 Å². The number of hydrogen-bond donors (Lipinski definition) is 1. The van der Waals surface area contributed by atoms with Crippen LogP contribution < -0.4 is 5.32 Å². The van der Waals surface area contributed by atoms with Crippen molar-refractivity contribution >= 4 is 41.7 Å². The second kappa shape index (κ2) is 10.6. The van der Waals surface area contributed by atoms with Crippen molar-refractivity contribution in [2.24, 2.45) is 10.9 Å². The largest absolute Gasteiger partial charge is 0.354 e. The molecule has 0 spiro atoms. The van der Waals surface area contributed by atoms with Gasteiger partial charge in [0, 0.05) is 42.9 Å². The van der Waals surface area contributed by atoms with Gasteiger partial charge in [-0.2, -0.15) is 0 Å². The molecular weight excluding hydrogens is 443 g/mol. The maximum Gasteiger partial charge on any atom is 0.193 e. The van der Waals surface area contributed by atoms with Crippen LogP contribution in [0.25, 0.3) is 0 Å². The molecule has 0 aliphatic carbocycles. The highest BCUT2D eigenvalue weighted by molar-refractivity contribution is 14.0. The average molecular weight is 476 g/mol. The highest BCUT2D eigenvalue weighted by Gasteiger charge is 2.27. The van der Waals surface area contributed by atoms with Crippen molar-refractivity contribution in [3.8, 4) is 0 Å². The molecule has 1 aromatic carbocycles. The number of rotatable bonds is 6. The van der Waals surface area contributed by atoms with Gasteiger partial charge in [0.15, 0.2) is 5.96 Å². The Morgan fingerprint density at radius 3 is 2.60 bits per heavy atom. The van der Waals surface area contributed by atoms with Crippen LogP contribution >= 0.6 is 35.7 Å². The summed E-state index contributed by atoms with van der Waals surface area (Å²) in [7, 11) is 6.13. The number of guanidine groups is 1. The van der Waals surface area contributed by atoms with E-state index in [4.69, 9.17) is 0 Å². The van der Waals surface area contributed by atoms with Gasteiger partial charge in [0.1, 0.15) is 0 Å². The quantitative estimate of drug-likeness (QED) is 0.294. The Hall–Kier alpha value is -0.470. The van der Waals surface area contributed by atoms with Gasteiger partial charge in [0.2, 0.25) is 0 Å². The van der Waals surface area contributed by atoms with E-state index in [0.29, 0.717) is 0 Å². The van der Waals surface area contributed by atoms with E-state index in [-0.39, 0.29) is 29.5 Å². The third-order valence-corrected chi connectivity index (χ3v) is 6.16. The number of likely N-dealkylation sites (tertiary alicyclic amines) is 1. The molecule has 1 aromatic rings. The van der Waals surface area contributed by atoms with E-state index in [2.05, 4.69) is 78.4 Å². The highest BCUT2D eigenvalue weighted by Crippen LogP contribution is 2.25. The summed E-state index contributed by atoms with van der Waals surface area (Å²) in [6.07, 6.45) is 1.25. The molecule has 1 fully saturated rings. The number of aliphatic imine (C=N–C) groups is 1. The Kier molecular flexibility index (Phi) is 9.59. The molecule has 142 valence electrons. The first kappa shape index (κ1) is 22.6. The lowest BCUT2D eigenvalue weighted by atomic mass is 10.0. The Morgan fingerprint density at radius 2 is 2.00 bits per heavy atom. The molecule has 0 aromatic heterocycles. The maximum absolute atomic E-state index is 4.49. The fourth-order valence-corrected chi connectivity index (χ4v) is 3.73. The lowest BCUT2D eigenvalue weighted by molar-refractivity contribution is 0.196. The van der Waals surface area contributed by atoms with E-state index in [9.17, 15) is 0 Å². The summed E-state index contributed by atoms with van der Waals surface area (Å²) < 4.78 is 0. The number of hydrogen-bond acceptors (Lipinski definition) is 3. The second-order valence-corrected chi connectivity index (χ2v) is 8.43. The normalized spacial score (nSPS) is 18.4. The number of benzene rings is 1. The van der Waals surface area contributed by atoms with Crippen LogP contribution in [0.3, 0.4) is 0 Å².